The Bertz CT molecular complexity index is 464. The largest absolute Gasteiger partial charge is 0.272 e. The van der Waals surface area contributed by atoms with Crippen LogP contribution < -0.4 is 11.3 Å². The molecule has 4 heteroatoms. The minimum absolute atomic E-state index is 0.109. The predicted molar refractivity (Wildman–Crippen MR) is 72.7 cm³/mol. The highest BCUT2D eigenvalue weighted by molar-refractivity contribution is 5.20. The highest BCUT2D eigenvalue weighted by Gasteiger charge is 2.12. The number of nitrogens with one attached hydrogen (secondary N) is 1. The van der Waals surface area contributed by atoms with Crippen LogP contribution in [0, 0.1) is 0 Å². The molecule has 0 saturated carbocycles. The van der Waals surface area contributed by atoms with E-state index in [9.17, 15) is 0 Å². The van der Waals surface area contributed by atoms with Gasteiger partial charge in [-0.25, -0.2) is 0 Å². The third-order valence-corrected chi connectivity index (χ3v) is 2.99. The van der Waals surface area contributed by atoms with Gasteiger partial charge in [0.1, 0.15) is 0 Å². The second-order valence-corrected chi connectivity index (χ2v) is 4.45. The van der Waals surface area contributed by atoms with Crippen LogP contribution in [0.2, 0.25) is 0 Å². The summed E-state index contributed by atoms with van der Waals surface area (Å²) in [6.07, 6.45) is 5.91. The molecule has 0 radical (unpaired) electrons. The molecule has 1 heterocycles. The fourth-order valence-corrected chi connectivity index (χ4v) is 2.03. The van der Waals surface area contributed by atoms with Gasteiger partial charge in [-0.1, -0.05) is 37.3 Å². The van der Waals surface area contributed by atoms with Crippen molar-refractivity contribution in [3.05, 3.63) is 53.9 Å². The zero-order valence-electron chi connectivity index (χ0n) is 10.7. The van der Waals surface area contributed by atoms with Gasteiger partial charge in [0.05, 0.1) is 12.2 Å². The molecule has 1 aromatic carbocycles. The molecule has 0 amide bonds. The Labute approximate surface area is 108 Å². The Morgan fingerprint density at radius 1 is 1.33 bits per heavy atom. The number of hydrogen-bond donors (Lipinski definition) is 2. The van der Waals surface area contributed by atoms with Gasteiger partial charge in [-0.2, -0.15) is 5.10 Å². The number of aromatic nitrogens is 2. The molecule has 1 atom stereocenters. The monoisotopic (exact) mass is 244 g/mol. The molecule has 1 aromatic heterocycles. The number of nitrogens with zero attached hydrogens (tertiary/aromatic N) is 2. The van der Waals surface area contributed by atoms with Crippen LogP contribution in [0.3, 0.4) is 0 Å². The van der Waals surface area contributed by atoms with Crippen molar-refractivity contribution in [2.75, 3.05) is 0 Å². The Hall–Kier alpha value is -1.65. The van der Waals surface area contributed by atoms with E-state index >= 15 is 0 Å². The molecular formula is C14H20N4. The van der Waals surface area contributed by atoms with Gasteiger partial charge in [-0.05, 0) is 18.4 Å². The van der Waals surface area contributed by atoms with Crippen molar-refractivity contribution in [1.29, 1.82) is 0 Å². The maximum absolute atomic E-state index is 5.65. The van der Waals surface area contributed by atoms with E-state index in [0.29, 0.717) is 0 Å². The topological polar surface area (TPSA) is 55.9 Å². The molecule has 1 unspecified atom stereocenters. The maximum atomic E-state index is 5.65. The summed E-state index contributed by atoms with van der Waals surface area (Å²) in [7, 11) is 0. The number of hydrazine groups is 1. The third-order valence-electron chi connectivity index (χ3n) is 2.99. The van der Waals surface area contributed by atoms with E-state index in [1.165, 1.54) is 5.56 Å². The average molecular weight is 244 g/mol. The second kappa shape index (κ2) is 6.33. The number of nitrogens with two attached hydrogens (primary N) is 1. The number of benzene rings is 1. The van der Waals surface area contributed by atoms with E-state index in [1.54, 1.807) is 0 Å². The highest BCUT2D eigenvalue weighted by Crippen LogP contribution is 2.17. The molecule has 2 aromatic rings. The van der Waals surface area contributed by atoms with Gasteiger partial charge >= 0.3 is 0 Å². The normalized spacial score (nSPS) is 12.6. The van der Waals surface area contributed by atoms with Crippen molar-refractivity contribution in [3.8, 4) is 0 Å². The molecule has 0 aliphatic carbocycles. The standard InChI is InChI=1S/C14H20N4/c1-2-8-18-11-13(10-16-18)14(17-15)9-12-6-4-3-5-7-12/h3-7,10-11,14,17H,2,8-9,15H2,1H3. The Kier molecular flexibility index (Phi) is 4.50. The summed E-state index contributed by atoms with van der Waals surface area (Å²) in [6, 6.07) is 10.4. The van der Waals surface area contributed by atoms with Gasteiger partial charge < -0.3 is 0 Å². The van der Waals surface area contributed by atoms with Crippen LogP contribution in [-0.4, -0.2) is 9.78 Å². The molecule has 3 N–H and O–H groups in total. The molecule has 0 saturated heterocycles. The highest BCUT2D eigenvalue weighted by atomic mass is 15.3. The fourth-order valence-electron chi connectivity index (χ4n) is 2.03. The van der Waals surface area contributed by atoms with Crippen LogP contribution in [-0.2, 0) is 13.0 Å². The minimum atomic E-state index is 0.109. The van der Waals surface area contributed by atoms with E-state index < -0.39 is 0 Å². The Balaban J connectivity index is 2.08. The Morgan fingerprint density at radius 2 is 2.11 bits per heavy atom. The fraction of sp³-hybridized carbons (Fsp3) is 0.357. The number of hydrogen-bond acceptors (Lipinski definition) is 3. The van der Waals surface area contributed by atoms with Crippen LogP contribution >= 0.6 is 0 Å². The van der Waals surface area contributed by atoms with Gasteiger partial charge in [0.15, 0.2) is 0 Å². The first-order valence-electron chi connectivity index (χ1n) is 6.36. The average Bonchev–Trinajstić information content (AvgIpc) is 2.86. The van der Waals surface area contributed by atoms with Crippen molar-refractivity contribution in [2.45, 2.75) is 32.4 Å². The molecule has 0 bridgehead atoms. The van der Waals surface area contributed by atoms with Gasteiger partial charge in [-0.15, -0.1) is 0 Å². The molecule has 0 spiro atoms. The summed E-state index contributed by atoms with van der Waals surface area (Å²) in [6.45, 7) is 3.09. The van der Waals surface area contributed by atoms with Gasteiger partial charge in [0, 0.05) is 18.3 Å². The molecule has 4 nitrogen and oxygen atoms in total. The molecule has 18 heavy (non-hydrogen) atoms. The lowest BCUT2D eigenvalue weighted by Gasteiger charge is -2.14. The van der Waals surface area contributed by atoms with Gasteiger partial charge in [0.25, 0.3) is 0 Å². The first-order valence-corrected chi connectivity index (χ1v) is 6.36. The lowest BCUT2D eigenvalue weighted by molar-refractivity contribution is 0.549. The van der Waals surface area contributed by atoms with Crippen molar-refractivity contribution >= 4 is 0 Å². The summed E-state index contributed by atoms with van der Waals surface area (Å²) in [5, 5.41) is 4.34. The smallest absolute Gasteiger partial charge is 0.0538 e. The first kappa shape index (κ1) is 12.8. The summed E-state index contributed by atoms with van der Waals surface area (Å²) < 4.78 is 1.96. The van der Waals surface area contributed by atoms with Crippen molar-refractivity contribution < 1.29 is 0 Å². The van der Waals surface area contributed by atoms with Crippen LogP contribution in [0.4, 0.5) is 0 Å². The molecule has 0 fully saturated rings. The molecule has 2 rings (SSSR count). The number of aryl methyl sites for hydroxylation is 1. The van der Waals surface area contributed by atoms with Crippen LogP contribution in [0.1, 0.15) is 30.5 Å². The molecule has 0 aliphatic heterocycles. The zero-order valence-corrected chi connectivity index (χ0v) is 10.7. The molecular weight excluding hydrogens is 224 g/mol. The summed E-state index contributed by atoms with van der Waals surface area (Å²) in [5.74, 6) is 5.65. The maximum Gasteiger partial charge on any atom is 0.0538 e. The number of rotatable bonds is 6. The zero-order chi connectivity index (χ0) is 12.8. The molecule has 0 aliphatic rings. The third kappa shape index (κ3) is 3.18. The predicted octanol–water partition coefficient (Wildman–Crippen LogP) is 2.04. The van der Waals surface area contributed by atoms with E-state index in [0.717, 1.165) is 24.9 Å². The lowest BCUT2D eigenvalue weighted by Crippen LogP contribution is -2.29. The van der Waals surface area contributed by atoms with E-state index in [4.69, 9.17) is 5.84 Å². The van der Waals surface area contributed by atoms with Gasteiger partial charge in [-0.3, -0.25) is 16.0 Å². The lowest BCUT2D eigenvalue weighted by atomic mass is 10.0. The summed E-state index contributed by atoms with van der Waals surface area (Å²) in [5.41, 5.74) is 5.27. The van der Waals surface area contributed by atoms with Crippen molar-refractivity contribution in [2.24, 2.45) is 5.84 Å². The minimum Gasteiger partial charge on any atom is -0.272 e. The van der Waals surface area contributed by atoms with E-state index in [-0.39, 0.29) is 6.04 Å². The van der Waals surface area contributed by atoms with Crippen LogP contribution in [0.5, 0.6) is 0 Å². The summed E-state index contributed by atoms with van der Waals surface area (Å²) in [4.78, 5) is 0. The van der Waals surface area contributed by atoms with Crippen molar-refractivity contribution in [1.82, 2.24) is 15.2 Å². The summed E-state index contributed by atoms with van der Waals surface area (Å²) >= 11 is 0. The van der Waals surface area contributed by atoms with E-state index in [1.807, 2.05) is 29.1 Å². The van der Waals surface area contributed by atoms with Crippen molar-refractivity contribution in [3.63, 3.8) is 0 Å². The first-order chi connectivity index (χ1) is 8.83. The molecule has 96 valence electrons. The van der Waals surface area contributed by atoms with Gasteiger partial charge in [0.2, 0.25) is 0 Å². The quantitative estimate of drug-likeness (QED) is 0.604. The van der Waals surface area contributed by atoms with E-state index in [2.05, 4.69) is 35.8 Å². The second-order valence-electron chi connectivity index (χ2n) is 4.45. The van der Waals surface area contributed by atoms with Crippen LogP contribution in [0.25, 0.3) is 0 Å². The van der Waals surface area contributed by atoms with Crippen LogP contribution in [0.15, 0.2) is 42.7 Å². The Morgan fingerprint density at radius 3 is 2.78 bits per heavy atom. The SMILES string of the molecule is CCCn1cc(C(Cc2ccccc2)NN)cn1.